The Kier molecular flexibility index (Phi) is 4.62. The predicted molar refractivity (Wildman–Crippen MR) is 73.3 cm³/mol. The summed E-state index contributed by atoms with van der Waals surface area (Å²) in [6.45, 7) is 9.88. The Morgan fingerprint density at radius 3 is 2.48 bits per heavy atom. The molecular weight excluding hydrogens is 278 g/mol. The minimum atomic E-state index is -1.03. The van der Waals surface area contributed by atoms with E-state index in [1.165, 1.54) is 6.92 Å². The fraction of sp³-hybridized carbons (Fsp3) is 0.643. The lowest BCUT2D eigenvalue weighted by Gasteiger charge is -2.27. The summed E-state index contributed by atoms with van der Waals surface area (Å²) in [6.07, 6.45) is -1.31. The number of nitrogens with zero attached hydrogens (tertiary/aromatic N) is 1. The number of amides is 1. The zero-order valence-corrected chi connectivity index (χ0v) is 12.7. The highest BCUT2D eigenvalue weighted by Crippen LogP contribution is 2.22. The van der Waals surface area contributed by atoms with E-state index in [1.807, 2.05) is 0 Å². The van der Waals surface area contributed by atoms with Crippen LogP contribution in [0.5, 0.6) is 0 Å². The maximum Gasteiger partial charge on any atom is 0.411 e. The van der Waals surface area contributed by atoms with Crippen LogP contribution in [0.1, 0.15) is 34.1 Å². The molecule has 0 spiro atoms. The zero-order chi connectivity index (χ0) is 17.1. The van der Waals surface area contributed by atoms with Gasteiger partial charge in [-0.15, -0.1) is 0 Å². The monoisotopic (exact) mass is 300 g/mol. The molecule has 0 unspecified atom stereocenters. The first-order valence-electron chi connectivity index (χ1n) is 6.99. The number of aliphatic hydroxyl groups excluding tert-OH is 1. The van der Waals surface area contributed by atoms with Gasteiger partial charge in [0.15, 0.2) is 0 Å². The van der Waals surface area contributed by atoms with Crippen LogP contribution in [0.15, 0.2) is 12.2 Å². The molecule has 1 amide bonds. The number of hydrogen-bond donors (Lipinski definition) is 1. The summed E-state index contributed by atoms with van der Waals surface area (Å²) in [5, 5.41) is 4.44. The van der Waals surface area contributed by atoms with Gasteiger partial charge in [-0.3, -0.25) is 4.90 Å². The van der Waals surface area contributed by atoms with Gasteiger partial charge in [-0.25, -0.2) is 14.4 Å². The van der Waals surface area contributed by atoms with E-state index in [1.54, 1.807) is 20.8 Å². The number of aliphatic hydroxyl groups is 1. The molecule has 1 fully saturated rings. The number of β-amino-alcohol motifs (C(OH)–C–C–N with tert-alkyl or cyclic N) is 1. The Morgan fingerprint density at radius 2 is 2.00 bits per heavy atom. The number of carbonyl (C=O) groups excluding carboxylic acids is 3. The number of likely N-dealkylation sites (tertiary alicyclic amines) is 1. The number of hydrogen-bond acceptors (Lipinski definition) is 6. The van der Waals surface area contributed by atoms with Gasteiger partial charge < -0.3 is 14.6 Å². The molecule has 0 aromatic carbocycles. The molecule has 0 bridgehead atoms. The fourth-order valence-corrected chi connectivity index (χ4v) is 1.79. The molecule has 0 aliphatic carbocycles. The molecule has 1 heterocycles. The third-order valence-electron chi connectivity index (χ3n) is 2.70. The smallest absolute Gasteiger partial charge is 0.411 e. The van der Waals surface area contributed by atoms with Gasteiger partial charge >= 0.3 is 18.0 Å². The van der Waals surface area contributed by atoms with E-state index < -0.39 is 35.8 Å². The van der Waals surface area contributed by atoms with Gasteiger partial charge in [0.05, 0.1) is 12.6 Å². The van der Waals surface area contributed by atoms with Crippen molar-refractivity contribution in [2.24, 2.45) is 0 Å². The quantitative estimate of drug-likeness (QED) is 0.475. The molecule has 0 saturated carbocycles. The van der Waals surface area contributed by atoms with Crippen LogP contribution in [0, 0.1) is 0 Å². The van der Waals surface area contributed by atoms with E-state index in [0.29, 0.717) is 0 Å². The minimum absolute atomic E-state index is 0.0133. The van der Waals surface area contributed by atoms with Crippen molar-refractivity contribution in [3.05, 3.63) is 12.2 Å². The molecule has 1 aliphatic heterocycles. The van der Waals surface area contributed by atoms with Crippen LogP contribution in [0.2, 0.25) is 0 Å². The van der Waals surface area contributed by atoms with Gasteiger partial charge in [-0.05, 0) is 27.7 Å². The number of carbonyl (C=O) groups is 3. The number of rotatable bonds is 3. The second kappa shape index (κ2) is 6.26. The van der Waals surface area contributed by atoms with Crippen molar-refractivity contribution >= 4 is 18.0 Å². The van der Waals surface area contributed by atoms with E-state index in [-0.39, 0.29) is 18.5 Å². The van der Waals surface area contributed by atoms with Crippen molar-refractivity contribution in [3.8, 4) is 0 Å². The molecule has 1 saturated heterocycles. The largest absolute Gasteiger partial charge is 0.444 e. The van der Waals surface area contributed by atoms with Crippen LogP contribution in [0.4, 0.5) is 4.79 Å². The Hall–Kier alpha value is -1.89. The summed E-state index contributed by atoms with van der Waals surface area (Å²) in [5.74, 6) is -1.75. The molecule has 7 nitrogen and oxygen atoms in total. The molecule has 1 rings (SSSR count). The Labute approximate surface area is 125 Å². The normalized spacial score (nSPS) is 22.5. The molecule has 1 aliphatic rings. The maximum absolute atomic E-state index is 12.1. The van der Waals surface area contributed by atoms with Crippen LogP contribution in [0.25, 0.3) is 0 Å². The predicted octanol–water partition coefficient (Wildman–Crippen LogP) is 1.00. The van der Waals surface area contributed by atoms with Crippen LogP contribution < -0.4 is 0 Å². The second-order valence-electron chi connectivity index (χ2n) is 6.00. The molecule has 0 aromatic rings. The van der Waals surface area contributed by atoms with Crippen molar-refractivity contribution in [1.82, 2.24) is 4.90 Å². The molecule has 1 N–H and O–H groups in total. The van der Waals surface area contributed by atoms with Crippen LogP contribution in [0.3, 0.4) is 0 Å². The highest BCUT2D eigenvalue weighted by Gasteiger charge is 2.42. The van der Waals surface area contributed by atoms with Crippen molar-refractivity contribution < 1.29 is 29.0 Å². The fourth-order valence-electron chi connectivity index (χ4n) is 1.79. The van der Waals surface area contributed by atoms with E-state index in [9.17, 15) is 14.4 Å². The SMILES string of the molecule is [2H]O[C@H]1C[C@@H](C(=O)OC(=O)C(=C)C)N(C(=O)OC(C)(C)C)C1. The number of ether oxygens (including phenoxy) is 2. The summed E-state index contributed by atoms with van der Waals surface area (Å²) in [4.78, 5) is 36.7. The van der Waals surface area contributed by atoms with Crippen molar-refractivity contribution in [3.63, 3.8) is 0 Å². The zero-order valence-electron chi connectivity index (χ0n) is 13.7. The lowest BCUT2D eigenvalue weighted by atomic mass is 10.2. The van der Waals surface area contributed by atoms with Gasteiger partial charge in [0, 0.05) is 12.0 Å². The maximum atomic E-state index is 12.1. The highest BCUT2D eigenvalue weighted by atomic mass is 16.6. The first-order chi connectivity index (χ1) is 10.0. The Bertz CT molecular complexity index is 484. The van der Waals surface area contributed by atoms with Crippen molar-refractivity contribution in [2.45, 2.75) is 51.9 Å². The van der Waals surface area contributed by atoms with Gasteiger partial charge in [0.25, 0.3) is 0 Å². The van der Waals surface area contributed by atoms with E-state index >= 15 is 0 Å². The summed E-state index contributed by atoms with van der Waals surface area (Å²) in [6, 6.07) is -1.03. The third kappa shape index (κ3) is 4.86. The Morgan fingerprint density at radius 1 is 1.38 bits per heavy atom. The first kappa shape index (κ1) is 15.5. The van der Waals surface area contributed by atoms with Crippen molar-refractivity contribution in [2.75, 3.05) is 6.54 Å². The summed E-state index contributed by atoms with van der Waals surface area (Å²) in [5.41, 5.74) is -0.664. The van der Waals surface area contributed by atoms with E-state index in [0.717, 1.165) is 4.90 Å². The first-order valence-corrected chi connectivity index (χ1v) is 6.58. The average Bonchev–Trinajstić information content (AvgIpc) is 2.80. The molecule has 7 heteroatoms. The van der Waals surface area contributed by atoms with E-state index in [4.69, 9.17) is 6.17 Å². The summed E-state index contributed by atoms with van der Waals surface area (Å²) < 4.78 is 16.8. The van der Waals surface area contributed by atoms with Gasteiger partial charge in [0.1, 0.15) is 11.6 Å². The molecule has 0 aromatic heterocycles. The highest BCUT2D eigenvalue weighted by molar-refractivity contribution is 5.97. The lowest BCUT2D eigenvalue weighted by molar-refractivity contribution is -0.160. The second-order valence-corrected chi connectivity index (χ2v) is 6.00. The van der Waals surface area contributed by atoms with Gasteiger partial charge in [-0.1, -0.05) is 6.58 Å². The number of esters is 2. The Balaban J connectivity index is 2.84. The van der Waals surface area contributed by atoms with Crippen LogP contribution in [-0.4, -0.2) is 53.8 Å². The average molecular weight is 300 g/mol. The van der Waals surface area contributed by atoms with Gasteiger partial charge in [0.2, 0.25) is 1.43 Å². The molecule has 2 atom stereocenters. The molecular formula is C14H21NO6. The summed E-state index contributed by atoms with van der Waals surface area (Å²) >= 11 is 0. The molecule has 21 heavy (non-hydrogen) atoms. The van der Waals surface area contributed by atoms with Gasteiger partial charge in [-0.2, -0.15) is 0 Å². The molecule has 0 radical (unpaired) electrons. The van der Waals surface area contributed by atoms with Crippen LogP contribution >= 0.6 is 0 Å². The van der Waals surface area contributed by atoms with Crippen LogP contribution in [-0.2, 0) is 19.1 Å². The van der Waals surface area contributed by atoms with Crippen molar-refractivity contribution in [1.29, 1.82) is 1.43 Å². The summed E-state index contributed by atoms with van der Waals surface area (Å²) in [7, 11) is 0. The lowest BCUT2D eigenvalue weighted by Crippen LogP contribution is -2.44. The minimum Gasteiger partial charge on any atom is -0.444 e. The van der Waals surface area contributed by atoms with E-state index in [2.05, 4.69) is 16.4 Å². The molecule has 118 valence electrons. The standard InChI is InChI=1S/C14H21NO6/c1-8(2)11(17)20-12(18)10-6-9(16)7-15(10)13(19)21-14(3,4)5/h9-10,16H,1,6-7H2,2-5H3/t9-,10-/m0/s1/i16D. The third-order valence-corrected chi connectivity index (χ3v) is 2.70. The topological polar surface area (TPSA) is 93.1 Å².